The fraction of sp³-hybridized carbons (Fsp3) is 1.00. The van der Waals surface area contributed by atoms with Crippen molar-refractivity contribution in [2.75, 3.05) is 10.2 Å². The summed E-state index contributed by atoms with van der Waals surface area (Å²) in [6.07, 6.45) is 0. The van der Waals surface area contributed by atoms with Crippen LogP contribution in [0.1, 0.15) is 0 Å². The number of hydrogen-bond acceptors (Lipinski definition) is 12. The zero-order valence-electron chi connectivity index (χ0n) is 8.25. The van der Waals surface area contributed by atoms with Gasteiger partial charge in [0, 0.05) is 0 Å². The molecule has 0 aromatic rings. The largest absolute Gasteiger partial charge is 4.00 e. The Kier molecular flexibility index (Phi) is 9.95. The standard InChI is InChI=1S/2CH4O6S2.Cu/c2*2-8(3,4)1-9(5,6)7;/h2*1H2,(H,2,3,4)(H,5,6,7);/q;;+4/p-4. The van der Waals surface area contributed by atoms with Crippen molar-refractivity contribution in [1.82, 2.24) is 0 Å². The summed E-state index contributed by atoms with van der Waals surface area (Å²) < 4.78 is 114. The van der Waals surface area contributed by atoms with E-state index in [9.17, 15) is 51.9 Å². The van der Waals surface area contributed by atoms with Gasteiger partial charge < -0.3 is 18.2 Å². The Bertz CT molecular complexity index is 540. The van der Waals surface area contributed by atoms with Gasteiger partial charge >= 0.3 is 17.1 Å². The molecule has 0 atom stereocenters. The van der Waals surface area contributed by atoms with E-state index in [0.29, 0.717) is 0 Å². The van der Waals surface area contributed by atoms with Crippen LogP contribution in [0.3, 0.4) is 0 Å². The minimum absolute atomic E-state index is 0. The van der Waals surface area contributed by atoms with Crippen molar-refractivity contribution in [3.8, 4) is 0 Å². The van der Waals surface area contributed by atoms with Crippen LogP contribution in [0.4, 0.5) is 0 Å². The van der Waals surface area contributed by atoms with E-state index < -0.39 is 50.6 Å². The van der Waals surface area contributed by atoms with Crippen molar-refractivity contribution in [3.05, 3.63) is 0 Å². The summed E-state index contributed by atoms with van der Waals surface area (Å²) in [5.74, 6) is 0. The zero-order valence-corrected chi connectivity index (χ0v) is 12.5. The second kappa shape index (κ2) is 7.81. The Balaban J connectivity index is -0.000000256. The Morgan fingerprint density at radius 3 is 0.579 bits per heavy atom. The summed E-state index contributed by atoms with van der Waals surface area (Å²) in [5, 5.41) is -3.75. The molecule has 0 saturated carbocycles. The van der Waals surface area contributed by atoms with Crippen LogP contribution in [0.15, 0.2) is 0 Å². The fourth-order valence-corrected chi connectivity index (χ4v) is 3.18. The van der Waals surface area contributed by atoms with E-state index in [1.165, 1.54) is 0 Å². The molecule has 0 fully saturated rings. The van der Waals surface area contributed by atoms with E-state index in [1.807, 2.05) is 0 Å². The Hall–Kier alpha value is 0.159. The molecule has 0 aliphatic carbocycles. The molecule has 0 saturated heterocycles. The minimum Gasteiger partial charge on any atom is -0.747 e. The van der Waals surface area contributed by atoms with E-state index in [4.69, 9.17) is 0 Å². The van der Waals surface area contributed by atoms with Gasteiger partial charge in [0.1, 0.15) is 50.6 Å². The number of rotatable bonds is 4. The van der Waals surface area contributed by atoms with Crippen LogP contribution in [0.5, 0.6) is 0 Å². The van der Waals surface area contributed by atoms with Gasteiger partial charge in [-0.1, -0.05) is 0 Å². The first-order valence-electron chi connectivity index (χ1n) is 3.15. The molecule has 0 aliphatic heterocycles. The summed E-state index contributed by atoms with van der Waals surface area (Å²) in [5.41, 5.74) is 0. The first-order valence-corrected chi connectivity index (χ1v) is 9.46. The maximum absolute atomic E-state index is 9.51. The van der Waals surface area contributed by atoms with Gasteiger partial charge in [-0.25, -0.2) is 33.7 Å². The third-order valence-electron chi connectivity index (χ3n) is 0.577. The number of hydrogen-bond donors (Lipinski definition) is 0. The fourth-order valence-electron chi connectivity index (χ4n) is 0.354. The third kappa shape index (κ3) is 32.1. The molecule has 1 radical (unpaired) electrons. The van der Waals surface area contributed by atoms with Crippen molar-refractivity contribution >= 4 is 40.5 Å². The van der Waals surface area contributed by atoms with Crippen LogP contribution in [0.25, 0.3) is 0 Å². The molecule has 0 aliphatic rings. The van der Waals surface area contributed by atoms with Crippen molar-refractivity contribution in [3.63, 3.8) is 0 Å². The summed E-state index contributed by atoms with van der Waals surface area (Å²) in [7, 11) is -19.7. The normalized spacial score (nSPS) is 12.8. The van der Waals surface area contributed by atoms with Crippen LogP contribution >= 0.6 is 0 Å². The average molecular weight is 412 g/mol. The second-order valence-corrected chi connectivity index (χ2v) is 8.81. The summed E-state index contributed by atoms with van der Waals surface area (Å²) in [6.45, 7) is 0. The van der Waals surface area contributed by atoms with Gasteiger partial charge in [-0.2, -0.15) is 0 Å². The molecule has 0 amide bonds. The summed E-state index contributed by atoms with van der Waals surface area (Å²) in [4.78, 5) is 0. The Morgan fingerprint density at radius 2 is 0.579 bits per heavy atom. The molecule has 0 rings (SSSR count). The molecule has 0 N–H and O–H groups in total. The van der Waals surface area contributed by atoms with Crippen LogP contribution in [0, 0.1) is 0 Å². The molecule has 0 bridgehead atoms. The molecule has 12 nitrogen and oxygen atoms in total. The molecule has 119 valence electrons. The van der Waals surface area contributed by atoms with Crippen molar-refractivity contribution in [2.24, 2.45) is 0 Å². The van der Waals surface area contributed by atoms with Crippen LogP contribution in [0.2, 0.25) is 0 Å². The summed E-state index contributed by atoms with van der Waals surface area (Å²) >= 11 is 0. The van der Waals surface area contributed by atoms with Crippen LogP contribution in [-0.4, -0.2) is 62.1 Å². The third-order valence-corrected chi connectivity index (χ3v) is 5.20. The van der Waals surface area contributed by atoms with Gasteiger partial charge in [-0.05, 0) is 0 Å². The quantitative estimate of drug-likeness (QED) is 0.318. The van der Waals surface area contributed by atoms with E-state index in [1.54, 1.807) is 0 Å². The molecule has 0 spiro atoms. The van der Waals surface area contributed by atoms with Gasteiger partial charge in [0.25, 0.3) is 0 Å². The molecule has 17 heteroatoms. The Morgan fingerprint density at radius 1 is 0.474 bits per heavy atom. The SMILES string of the molecule is O=S(=O)([O-])CS(=O)(=O)[O-].O=S(=O)([O-])CS(=O)(=O)[O-].[Cu+4]. The smallest absolute Gasteiger partial charge is 0.747 e. The van der Waals surface area contributed by atoms with E-state index in [2.05, 4.69) is 0 Å². The maximum atomic E-state index is 9.51. The monoisotopic (exact) mass is 411 g/mol. The first-order chi connectivity index (χ1) is 7.41. The Labute approximate surface area is 119 Å². The maximum Gasteiger partial charge on any atom is 4.00 e. The van der Waals surface area contributed by atoms with Gasteiger partial charge in [0.2, 0.25) is 0 Å². The van der Waals surface area contributed by atoms with Crippen molar-refractivity contribution in [1.29, 1.82) is 0 Å². The molecule has 0 unspecified atom stereocenters. The topological polar surface area (TPSA) is 229 Å². The van der Waals surface area contributed by atoms with Crippen molar-refractivity contribution in [2.45, 2.75) is 0 Å². The first kappa shape index (κ1) is 24.2. The van der Waals surface area contributed by atoms with E-state index in [0.717, 1.165) is 0 Å². The van der Waals surface area contributed by atoms with Crippen LogP contribution in [-0.2, 0) is 57.5 Å². The molecular weight excluding hydrogens is 408 g/mol. The second-order valence-electron chi connectivity index (χ2n) is 2.47. The predicted octanol–water partition coefficient (Wildman–Crippen LogP) is -3.93. The van der Waals surface area contributed by atoms with Gasteiger partial charge in [0.05, 0.1) is 0 Å². The van der Waals surface area contributed by atoms with Gasteiger partial charge in [0.15, 0.2) is 0 Å². The average Bonchev–Trinajstić information content (AvgIpc) is 1.64. The molecule has 0 heterocycles. The van der Waals surface area contributed by atoms with Gasteiger partial charge in [-0.15, -0.1) is 0 Å². The van der Waals surface area contributed by atoms with E-state index >= 15 is 0 Å². The molecular formula is C2H4CuO12S4. The van der Waals surface area contributed by atoms with Crippen molar-refractivity contribution < 1.29 is 69.0 Å². The predicted molar refractivity (Wildman–Crippen MR) is 48.5 cm³/mol. The van der Waals surface area contributed by atoms with Crippen LogP contribution < -0.4 is 0 Å². The van der Waals surface area contributed by atoms with E-state index in [-0.39, 0.29) is 17.1 Å². The molecule has 0 aromatic heterocycles. The zero-order chi connectivity index (χ0) is 15.4. The molecule has 19 heavy (non-hydrogen) atoms. The van der Waals surface area contributed by atoms with Gasteiger partial charge in [-0.3, -0.25) is 0 Å². The summed E-state index contributed by atoms with van der Waals surface area (Å²) in [6, 6.07) is 0. The minimum atomic E-state index is -4.93. The molecule has 0 aromatic carbocycles.